The molecule has 0 radical (unpaired) electrons. The number of alkyl halides is 1. The number of hydrogen-bond donors (Lipinski definition) is 0. The molecule has 2 aromatic carbocycles. The van der Waals surface area contributed by atoms with Crippen molar-refractivity contribution >= 4 is 22.6 Å². The quantitative estimate of drug-likeness (QED) is 0.688. The van der Waals surface area contributed by atoms with Gasteiger partial charge in [-0.2, -0.15) is 0 Å². The first kappa shape index (κ1) is 13.8. The second-order valence-corrected chi connectivity index (χ2v) is 4.79. The van der Waals surface area contributed by atoms with Gasteiger partial charge in [0.1, 0.15) is 17.3 Å². The Bertz CT molecular complexity index is 783. The van der Waals surface area contributed by atoms with E-state index in [4.69, 9.17) is 21.1 Å². The van der Waals surface area contributed by atoms with Crippen LogP contribution in [0.3, 0.4) is 0 Å². The molecule has 0 aliphatic rings. The predicted octanol–water partition coefficient (Wildman–Crippen LogP) is 3.78. The van der Waals surface area contributed by atoms with Crippen LogP contribution in [0.15, 0.2) is 42.5 Å². The summed E-state index contributed by atoms with van der Waals surface area (Å²) in [5.74, 6) is 2.58. The van der Waals surface area contributed by atoms with Crippen molar-refractivity contribution in [2.75, 3.05) is 14.2 Å². The number of methoxy groups -OCH3 is 2. The zero-order valence-corrected chi connectivity index (χ0v) is 12.6. The summed E-state index contributed by atoms with van der Waals surface area (Å²) in [6, 6.07) is 13.6. The normalized spacial score (nSPS) is 10.8. The van der Waals surface area contributed by atoms with Gasteiger partial charge in [-0.1, -0.05) is 12.1 Å². The van der Waals surface area contributed by atoms with Crippen LogP contribution in [0.2, 0.25) is 0 Å². The first-order valence-corrected chi connectivity index (χ1v) is 7.06. The summed E-state index contributed by atoms with van der Waals surface area (Å²) in [7, 11) is 3.28. The summed E-state index contributed by atoms with van der Waals surface area (Å²) in [4.78, 5) is 4.57. The van der Waals surface area contributed by atoms with Gasteiger partial charge in [-0.15, -0.1) is 11.6 Å². The maximum atomic E-state index is 6.07. The van der Waals surface area contributed by atoms with Crippen molar-refractivity contribution in [2.45, 2.75) is 5.88 Å². The molecule has 0 fully saturated rings. The minimum absolute atomic E-state index is 0.315. The Balaban J connectivity index is 2.33. The van der Waals surface area contributed by atoms with Crippen LogP contribution in [0.25, 0.3) is 16.7 Å². The lowest BCUT2D eigenvalue weighted by atomic mass is 10.2. The summed E-state index contributed by atoms with van der Waals surface area (Å²) >= 11 is 6.07. The minimum atomic E-state index is 0.315. The molecule has 0 saturated heterocycles. The molecule has 0 amide bonds. The molecular formula is C16H15ClN2O2. The summed E-state index contributed by atoms with van der Waals surface area (Å²) in [5.41, 5.74) is 2.75. The Morgan fingerprint density at radius 3 is 2.62 bits per heavy atom. The molecule has 108 valence electrons. The molecule has 0 saturated carbocycles. The number of hydrogen-bond acceptors (Lipinski definition) is 3. The van der Waals surface area contributed by atoms with E-state index in [0.29, 0.717) is 5.88 Å². The third-order valence-electron chi connectivity index (χ3n) is 3.38. The molecule has 3 rings (SSSR count). The molecule has 4 nitrogen and oxygen atoms in total. The van der Waals surface area contributed by atoms with E-state index in [2.05, 4.69) is 4.98 Å². The summed E-state index contributed by atoms with van der Waals surface area (Å²) < 4.78 is 12.8. The second kappa shape index (κ2) is 5.66. The molecule has 1 heterocycles. The van der Waals surface area contributed by atoms with E-state index in [1.807, 2.05) is 47.0 Å². The number of fused-ring (bicyclic) bond motifs is 1. The SMILES string of the molecule is COc1ccc(OC)c(-n2c(CCl)nc3ccccc32)c1. The van der Waals surface area contributed by atoms with Crippen LogP contribution in [0.1, 0.15) is 5.82 Å². The predicted molar refractivity (Wildman–Crippen MR) is 83.7 cm³/mol. The molecule has 21 heavy (non-hydrogen) atoms. The van der Waals surface area contributed by atoms with Gasteiger partial charge in [-0.05, 0) is 24.3 Å². The molecule has 0 spiro atoms. The van der Waals surface area contributed by atoms with Gasteiger partial charge in [-0.3, -0.25) is 4.57 Å². The standard InChI is InChI=1S/C16H15ClN2O2/c1-20-11-7-8-15(21-2)14(9-11)19-13-6-4-3-5-12(13)18-16(19)10-17/h3-9H,10H2,1-2H3. The van der Waals surface area contributed by atoms with Crippen LogP contribution in [0, 0.1) is 0 Å². The summed E-state index contributed by atoms with van der Waals surface area (Å²) in [5, 5.41) is 0. The van der Waals surface area contributed by atoms with E-state index in [9.17, 15) is 0 Å². The number of imidazole rings is 1. The van der Waals surface area contributed by atoms with Gasteiger partial charge in [0.25, 0.3) is 0 Å². The number of benzene rings is 2. The fourth-order valence-corrected chi connectivity index (χ4v) is 2.59. The van der Waals surface area contributed by atoms with E-state index >= 15 is 0 Å². The van der Waals surface area contributed by atoms with Crippen molar-refractivity contribution in [3.8, 4) is 17.2 Å². The van der Waals surface area contributed by atoms with Gasteiger partial charge in [0, 0.05) is 6.07 Å². The first-order chi connectivity index (χ1) is 10.3. The molecule has 0 bridgehead atoms. The highest BCUT2D eigenvalue weighted by Gasteiger charge is 2.15. The molecule has 1 aromatic heterocycles. The van der Waals surface area contributed by atoms with E-state index in [-0.39, 0.29) is 0 Å². The maximum Gasteiger partial charge on any atom is 0.143 e. The molecule has 0 atom stereocenters. The van der Waals surface area contributed by atoms with Gasteiger partial charge in [0.15, 0.2) is 0 Å². The van der Waals surface area contributed by atoms with Crippen molar-refractivity contribution in [3.05, 3.63) is 48.3 Å². The van der Waals surface area contributed by atoms with Crippen molar-refractivity contribution in [1.82, 2.24) is 9.55 Å². The van der Waals surface area contributed by atoms with Gasteiger partial charge < -0.3 is 9.47 Å². The van der Waals surface area contributed by atoms with Crippen LogP contribution in [-0.4, -0.2) is 23.8 Å². The van der Waals surface area contributed by atoms with Crippen molar-refractivity contribution < 1.29 is 9.47 Å². The van der Waals surface area contributed by atoms with E-state index in [0.717, 1.165) is 34.0 Å². The van der Waals surface area contributed by atoms with Gasteiger partial charge in [0.2, 0.25) is 0 Å². The Kier molecular flexibility index (Phi) is 3.71. The van der Waals surface area contributed by atoms with Crippen LogP contribution >= 0.6 is 11.6 Å². The number of rotatable bonds is 4. The number of halogens is 1. The topological polar surface area (TPSA) is 36.3 Å². The van der Waals surface area contributed by atoms with Crippen LogP contribution in [0.4, 0.5) is 0 Å². The molecular weight excluding hydrogens is 288 g/mol. The molecule has 3 aromatic rings. The zero-order valence-electron chi connectivity index (χ0n) is 11.8. The van der Waals surface area contributed by atoms with Gasteiger partial charge in [-0.25, -0.2) is 4.98 Å². The Labute approximate surface area is 127 Å². The highest BCUT2D eigenvalue weighted by atomic mass is 35.5. The maximum absolute atomic E-state index is 6.07. The summed E-state index contributed by atoms with van der Waals surface area (Å²) in [6.07, 6.45) is 0. The second-order valence-electron chi connectivity index (χ2n) is 4.52. The highest BCUT2D eigenvalue weighted by Crippen LogP contribution is 2.32. The Hall–Kier alpha value is -2.20. The number of ether oxygens (including phenoxy) is 2. The molecule has 0 aliphatic heterocycles. The average molecular weight is 303 g/mol. The average Bonchev–Trinajstić information content (AvgIpc) is 2.92. The van der Waals surface area contributed by atoms with Crippen molar-refractivity contribution in [2.24, 2.45) is 0 Å². The van der Waals surface area contributed by atoms with Crippen LogP contribution < -0.4 is 9.47 Å². The van der Waals surface area contributed by atoms with E-state index in [1.165, 1.54) is 0 Å². The van der Waals surface area contributed by atoms with Crippen LogP contribution in [-0.2, 0) is 5.88 Å². The fourth-order valence-electron chi connectivity index (χ4n) is 2.41. The lowest BCUT2D eigenvalue weighted by molar-refractivity contribution is 0.401. The smallest absolute Gasteiger partial charge is 0.143 e. The van der Waals surface area contributed by atoms with Crippen LogP contribution in [0.5, 0.6) is 11.5 Å². The molecule has 5 heteroatoms. The number of para-hydroxylation sites is 2. The fraction of sp³-hybridized carbons (Fsp3) is 0.188. The van der Waals surface area contributed by atoms with E-state index < -0.39 is 0 Å². The lowest BCUT2D eigenvalue weighted by Crippen LogP contribution is -2.02. The largest absolute Gasteiger partial charge is 0.497 e. The minimum Gasteiger partial charge on any atom is -0.497 e. The zero-order chi connectivity index (χ0) is 14.8. The first-order valence-electron chi connectivity index (χ1n) is 6.53. The lowest BCUT2D eigenvalue weighted by Gasteiger charge is -2.14. The molecule has 0 unspecified atom stereocenters. The van der Waals surface area contributed by atoms with Crippen molar-refractivity contribution in [1.29, 1.82) is 0 Å². The Morgan fingerprint density at radius 1 is 1.10 bits per heavy atom. The highest BCUT2D eigenvalue weighted by molar-refractivity contribution is 6.17. The van der Waals surface area contributed by atoms with Crippen molar-refractivity contribution in [3.63, 3.8) is 0 Å². The number of nitrogens with zero attached hydrogens (tertiary/aromatic N) is 2. The number of aromatic nitrogens is 2. The molecule has 0 N–H and O–H groups in total. The van der Waals surface area contributed by atoms with E-state index in [1.54, 1.807) is 14.2 Å². The molecule has 0 aliphatic carbocycles. The monoisotopic (exact) mass is 302 g/mol. The third kappa shape index (κ3) is 2.32. The third-order valence-corrected chi connectivity index (χ3v) is 3.62. The summed E-state index contributed by atoms with van der Waals surface area (Å²) in [6.45, 7) is 0. The Morgan fingerprint density at radius 2 is 1.90 bits per heavy atom. The van der Waals surface area contributed by atoms with Gasteiger partial charge in [0.05, 0.1) is 36.8 Å². The van der Waals surface area contributed by atoms with Gasteiger partial charge >= 0.3 is 0 Å².